The summed E-state index contributed by atoms with van der Waals surface area (Å²) in [6, 6.07) is 4.63. The van der Waals surface area contributed by atoms with Crippen molar-refractivity contribution in [2.24, 2.45) is 5.41 Å². The first-order valence-corrected chi connectivity index (χ1v) is 6.44. The highest BCUT2D eigenvalue weighted by atomic mass is 79.9. The fourth-order valence-corrected chi connectivity index (χ4v) is 3.23. The number of halogens is 1. The van der Waals surface area contributed by atoms with Crippen LogP contribution in [0.5, 0.6) is 0 Å². The number of hydrogen-bond acceptors (Lipinski definition) is 2. The van der Waals surface area contributed by atoms with Crippen molar-refractivity contribution in [1.29, 1.82) is 0 Å². The van der Waals surface area contributed by atoms with Crippen LogP contribution in [-0.2, 0) is 0 Å². The number of anilines is 1. The fourth-order valence-electron chi connectivity index (χ4n) is 2.86. The van der Waals surface area contributed by atoms with Crippen molar-refractivity contribution in [3.05, 3.63) is 22.8 Å². The van der Waals surface area contributed by atoms with Gasteiger partial charge in [0.2, 0.25) is 0 Å². The molecule has 80 valence electrons. The van der Waals surface area contributed by atoms with Gasteiger partial charge in [0, 0.05) is 12.2 Å². The Morgan fingerprint density at radius 1 is 1.40 bits per heavy atom. The van der Waals surface area contributed by atoms with Crippen molar-refractivity contribution >= 4 is 21.7 Å². The van der Waals surface area contributed by atoms with Crippen LogP contribution in [0.4, 0.5) is 5.82 Å². The van der Waals surface area contributed by atoms with Crippen molar-refractivity contribution in [2.45, 2.75) is 38.1 Å². The molecular formula is C12H15BrN2. The maximum Gasteiger partial charge on any atom is 0.140 e. The molecule has 0 saturated heterocycles. The van der Waals surface area contributed by atoms with Crippen molar-refractivity contribution < 1.29 is 0 Å². The Labute approximate surface area is 98.6 Å². The summed E-state index contributed by atoms with van der Waals surface area (Å²) in [5.41, 5.74) is 0.735. The van der Waals surface area contributed by atoms with E-state index in [-0.39, 0.29) is 0 Å². The van der Waals surface area contributed by atoms with Gasteiger partial charge in [0.25, 0.3) is 0 Å². The van der Waals surface area contributed by atoms with Gasteiger partial charge in [-0.3, -0.25) is 0 Å². The molecule has 2 saturated carbocycles. The molecule has 0 bridgehead atoms. The molecule has 1 aromatic rings. The number of hydrogen-bond donors (Lipinski definition) is 1. The maximum absolute atomic E-state index is 4.33. The van der Waals surface area contributed by atoms with Gasteiger partial charge in [0.05, 0.1) is 4.47 Å². The predicted octanol–water partition coefficient (Wildman–Crippen LogP) is 3.59. The van der Waals surface area contributed by atoms with Gasteiger partial charge >= 0.3 is 0 Å². The second kappa shape index (κ2) is 3.48. The van der Waals surface area contributed by atoms with E-state index >= 15 is 0 Å². The van der Waals surface area contributed by atoms with Gasteiger partial charge < -0.3 is 5.32 Å². The van der Waals surface area contributed by atoms with Crippen LogP contribution in [0.3, 0.4) is 0 Å². The first kappa shape index (κ1) is 9.64. The quantitative estimate of drug-likeness (QED) is 0.885. The van der Waals surface area contributed by atoms with E-state index in [4.69, 9.17) is 0 Å². The van der Waals surface area contributed by atoms with Crippen LogP contribution < -0.4 is 5.32 Å². The van der Waals surface area contributed by atoms with E-state index in [1.807, 2.05) is 18.3 Å². The van der Waals surface area contributed by atoms with E-state index in [0.717, 1.165) is 15.7 Å². The first-order chi connectivity index (χ1) is 7.27. The van der Waals surface area contributed by atoms with Crippen molar-refractivity contribution in [3.63, 3.8) is 0 Å². The van der Waals surface area contributed by atoms with Gasteiger partial charge in [0.1, 0.15) is 5.82 Å². The first-order valence-electron chi connectivity index (χ1n) is 5.65. The topological polar surface area (TPSA) is 24.9 Å². The third-order valence-corrected chi connectivity index (χ3v) is 4.51. The Morgan fingerprint density at radius 3 is 2.80 bits per heavy atom. The average molecular weight is 267 g/mol. The monoisotopic (exact) mass is 266 g/mol. The van der Waals surface area contributed by atoms with E-state index in [9.17, 15) is 0 Å². The molecule has 0 amide bonds. The van der Waals surface area contributed by atoms with E-state index in [2.05, 4.69) is 26.2 Å². The van der Waals surface area contributed by atoms with E-state index < -0.39 is 0 Å². The van der Waals surface area contributed by atoms with Gasteiger partial charge in [-0.15, -0.1) is 0 Å². The number of aromatic nitrogens is 1. The van der Waals surface area contributed by atoms with E-state index in [1.165, 1.54) is 32.1 Å². The van der Waals surface area contributed by atoms with Crippen LogP contribution >= 0.6 is 15.9 Å². The smallest absolute Gasteiger partial charge is 0.140 e. The molecule has 1 N–H and O–H groups in total. The van der Waals surface area contributed by atoms with E-state index in [1.54, 1.807) is 0 Å². The van der Waals surface area contributed by atoms with Gasteiger partial charge in [0.15, 0.2) is 0 Å². The lowest BCUT2D eigenvalue weighted by molar-refractivity contribution is 0.0191. The van der Waals surface area contributed by atoms with Gasteiger partial charge in [-0.05, 0) is 59.2 Å². The summed E-state index contributed by atoms with van der Waals surface area (Å²) in [7, 11) is 0. The molecule has 0 radical (unpaired) electrons. The fraction of sp³-hybridized carbons (Fsp3) is 0.583. The van der Waals surface area contributed by atoms with Crippen molar-refractivity contribution in [2.75, 3.05) is 5.32 Å². The molecule has 0 atom stereocenters. The standard InChI is InChI=1S/C12H15BrN2/c13-10-3-1-6-14-11(10)15-9-7-12(8-9)4-2-5-12/h1,3,6,9H,2,4-5,7-8H2,(H,14,15). The van der Waals surface area contributed by atoms with Gasteiger partial charge in [-0.1, -0.05) is 6.42 Å². The van der Waals surface area contributed by atoms with Crippen LogP contribution in [0.2, 0.25) is 0 Å². The molecule has 0 aromatic carbocycles. The van der Waals surface area contributed by atoms with Crippen LogP contribution in [0, 0.1) is 5.41 Å². The molecule has 2 nitrogen and oxygen atoms in total. The number of nitrogens with zero attached hydrogens (tertiary/aromatic N) is 1. The maximum atomic E-state index is 4.33. The molecule has 3 heteroatoms. The summed E-state index contributed by atoms with van der Waals surface area (Å²) in [6.45, 7) is 0. The summed E-state index contributed by atoms with van der Waals surface area (Å²) in [5, 5.41) is 3.51. The summed E-state index contributed by atoms with van der Waals surface area (Å²) >= 11 is 3.51. The molecule has 1 heterocycles. The lowest BCUT2D eigenvalue weighted by atomic mass is 9.54. The lowest BCUT2D eigenvalue weighted by Crippen LogP contribution is -2.49. The van der Waals surface area contributed by atoms with Crippen molar-refractivity contribution in [1.82, 2.24) is 4.98 Å². The van der Waals surface area contributed by atoms with Crippen LogP contribution in [-0.4, -0.2) is 11.0 Å². The van der Waals surface area contributed by atoms with Crippen LogP contribution in [0.25, 0.3) is 0 Å². The zero-order valence-corrected chi connectivity index (χ0v) is 10.3. The Kier molecular flexibility index (Phi) is 2.23. The second-order valence-electron chi connectivity index (χ2n) is 4.94. The normalized spacial score (nSPS) is 23.3. The lowest BCUT2D eigenvalue weighted by Gasteiger charge is -2.54. The summed E-state index contributed by atoms with van der Waals surface area (Å²) in [5.74, 6) is 0.997. The molecule has 1 spiro atoms. The highest BCUT2D eigenvalue weighted by molar-refractivity contribution is 9.10. The number of nitrogens with one attached hydrogen (secondary N) is 1. The Bertz CT molecular complexity index is 366. The average Bonchev–Trinajstić information content (AvgIpc) is 2.10. The molecule has 1 aromatic heterocycles. The highest BCUT2D eigenvalue weighted by Gasteiger charge is 2.48. The molecule has 2 aliphatic carbocycles. The highest BCUT2D eigenvalue weighted by Crippen LogP contribution is 2.56. The molecule has 0 unspecified atom stereocenters. The van der Waals surface area contributed by atoms with Gasteiger partial charge in [-0.2, -0.15) is 0 Å². The van der Waals surface area contributed by atoms with E-state index in [0.29, 0.717) is 6.04 Å². The molecule has 2 fully saturated rings. The third-order valence-electron chi connectivity index (χ3n) is 3.87. The number of pyridine rings is 1. The summed E-state index contributed by atoms with van der Waals surface area (Å²) in [6.07, 6.45) is 8.88. The Hall–Kier alpha value is -0.570. The second-order valence-corrected chi connectivity index (χ2v) is 5.79. The molecule has 15 heavy (non-hydrogen) atoms. The largest absolute Gasteiger partial charge is 0.366 e. The molecule has 2 aliphatic rings. The summed E-state index contributed by atoms with van der Waals surface area (Å²) in [4.78, 5) is 4.33. The minimum atomic E-state index is 0.650. The zero-order chi connectivity index (χ0) is 10.3. The van der Waals surface area contributed by atoms with Crippen molar-refractivity contribution in [3.8, 4) is 0 Å². The Balaban J connectivity index is 1.61. The van der Waals surface area contributed by atoms with Crippen LogP contribution in [0.1, 0.15) is 32.1 Å². The number of rotatable bonds is 2. The third kappa shape index (κ3) is 1.67. The van der Waals surface area contributed by atoms with Gasteiger partial charge in [-0.25, -0.2) is 4.98 Å². The van der Waals surface area contributed by atoms with Crippen LogP contribution in [0.15, 0.2) is 22.8 Å². The predicted molar refractivity (Wildman–Crippen MR) is 64.9 cm³/mol. The molecule has 3 rings (SSSR count). The molecular weight excluding hydrogens is 252 g/mol. The Morgan fingerprint density at radius 2 is 2.20 bits per heavy atom. The summed E-state index contributed by atoms with van der Waals surface area (Å²) < 4.78 is 1.07. The molecule has 0 aliphatic heterocycles. The minimum absolute atomic E-state index is 0.650. The SMILES string of the molecule is Brc1cccnc1NC1CC2(CCC2)C1. The zero-order valence-electron chi connectivity index (χ0n) is 8.67. The minimum Gasteiger partial charge on any atom is -0.366 e.